The smallest absolute Gasteiger partial charge is 0.412 e. The number of hydrogen-bond donors (Lipinski definition) is 1. The number of nitrogens with one attached hydrogen (secondary N) is 1. The van der Waals surface area contributed by atoms with Crippen molar-refractivity contribution >= 4 is 21.0 Å². The first-order chi connectivity index (χ1) is 12.2. The molecule has 0 aromatic rings. The van der Waals surface area contributed by atoms with Gasteiger partial charge < -0.3 is 14.5 Å². The quantitative estimate of drug-likeness (QED) is 0.739. The van der Waals surface area contributed by atoms with Gasteiger partial charge in [0.15, 0.2) is 9.04 Å². The SMILES string of the molecule is C[SiH](C)O[C@]1(C2CCNC(=O)C2)C[C@H](C(C)(C)C)CN1C(=O)OC(C)(C)C. The normalized spacial score (nSPS) is 29.8. The molecule has 0 aromatic heterocycles. The Morgan fingerprint density at radius 2 is 1.85 bits per heavy atom. The Bertz CT molecular complexity index is 567. The molecule has 0 radical (unpaired) electrons. The van der Waals surface area contributed by atoms with Crippen LogP contribution in [0, 0.1) is 17.3 Å². The Kier molecular flexibility index (Phi) is 6.37. The summed E-state index contributed by atoms with van der Waals surface area (Å²) in [5, 5.41) is 2.91. The van der Waals surface area contributed by atoms with Crippen LogP contribution in [0.5, 0.6) is 0 Å². The summed E-state index contributed by atoms with van der Waals surface area (Å²) in [5.74, 6) is 0.340. The van der Waals surface area contributed by atoms with Gasteiger partial charge in [-0.25, -0.2) is 4.79 Å². The van der Waals surface area contributed by atoms with E-state index in [0.29, 0.717) is 25.4 Å². The van der Waals surface area contributed by atoms with Gasteiger partial charge in [-0.15, -0.1) is 0 Å². The Balaban J connectivity index is 2.45. The van der Waals surface area contributed by atoms with Crippen LogP contribution in [0.15, 0.2) is 0 Å². The van der Waals surface area contributed by atoms with E-state index in [4.69, 9.17) is 9.16 Å². The number of carbonyl (C=O) groups is 2. The predicted molar refractivity (Wildman–Crippen MR) is 109 cm³/mol. The molecule has 2 aliphatic heterocycles. The number of amides is 2. The number of likely N-dealkylation sites (tertiary alicyclic amines) is 1. The average Bonchev–Trinajstić information content (AvgIpc) is 2.85. The summed E-state index contributed by atoms with van der Waals surface area (Å²) in [6.45, 7) is 17.8. The zero-order valence-electron chi connectivity index (χ0n) is 18.3. The van der Waals surface area contributed by atoms with E-state index in [-0.39, 0.29) is 23.3 Å². The molecule has 1 N–H and O–H groups in total. The van der Waals surface area contributed by atoms with Crippen molar-refractivity contribution in [2.24, 2.45) is 17.3 Å². The molecule has 0 aliphatic carbocycles. The highest BCUT2D eigenvalue weighted by atomic mass is 28.3. The summed E-state index contributed by atoms with van der Waals surface area (Å²) >= 11 is 0. The van der Waals surface area contributed by atoms with Crippen LogP contribution in [0.2, 0.25) is 13.1 Å². The summed E-state index contributed by atoms with van der Waals surface area (Å²) in [6.07, 6.45) is 1.66. The summed E-state index contributed by atoms with van der Waals surface area (Å²) in [5.41, 5.74) is -1.26. The summed E-state index contributed by atoms with van der Waals surface area (Å²) in [6, 6.07) is 0. The van der Waals surface area contributed by atoms with Crippen molar-refractivity contribution in [3.8, 4) is 0 Å². The molecule has 156 valence electrons. The lowest BCUT2D eigenvalue weighted by atomic mass is 9.76. The van der Waals surface area contributed by atoms with E-state index in [1.807, 2.05) is 25.7 Å². The van der Waals surface area contributed by atoms with Crippen molar-refractivity contribution in [3.05, 3.63) is 0 Å². The molecule has 6 nitrogen and oxygen atoms in total. The molecule has 1 unspecified atom stereocenters. The summed E-state index contributed by atoms with van der Waals surface area (Å²) in [7, 11) is -1.48. The van der Waals surface area contributed by atoms with Crippen LogP contribution in [0.4, 0.5) is 4.79 Å². The lowest BCUT2D eigenvalue weighted by molar-refractivity contribution is -0.138. The van der Waals surface area contributed by atoms with Crippen molar-refractivity contribution in [1.82, 2.24) is 10.2 Å². The van der Waals surface area contributed by atoms with Crippen LogP contribution in [-0.4, -0.2) is 50.4 Å². The molecule has 0 bridgehead atoms. The number of hydrogen-bond acceptors (Lipinski definition) is 4. The van der Waals surface area contributed by atoms with E-state index in [9.17, 15) is 9.59 Å². The minimum atomic E-state index is -1.48. The average molecular weight is 399 g/mol. The zero-order chi connectivity index (χ0) is 20.6. The highest BCUT2D eigenvalue weighted by molar-refractivity contribution is 6.48. The van der Waals surface area contributed by atoms with Gasteiger partial charge in [-0.1, -0.05) is 20.8 Å². The second kappa shape index (κ2) is 7.74. The van der Waals surface area contributed by atoms with Gasteiger partial charge in [-0.05, 0) is 58.0 Å². The molecule has 0 spiro atoms. The third-order valence-corrected chi connectivity index (χ3v) is 6.44. The zero-order valence-corrected chi connectivity index (χ0v) is 19.5. The van der Waals surface area contributed by atoms with E-state index in [0.717, 1.165) is 12.8 Å². The molecule has 2 rings (SSSR count). The van der Waals surface area contributed by atoms with Gasteiger partial charge in [0.2, 0.25) is 5.91 Å². The predicted octanol–water partition coefficient (Wildman–Crippen LogP) is 3.51. The first-order valence-corrected chi connectivity index (χ1v) is 13.0. The van der Waals surface area contributed by atoms with Crippen LogP contribution in [0.1, 0.15) is 60.8 Å². The second-order valence-electron chi connectivity index (χ2n) is 10.4. The van der Waals surface area contributed by atoms with Crippen LogP contribution >= 0.6 is 0 Å². The van der Waals surface area contributed by atoms with E-state index in [1.165, 1.54) is 0 Å². The lowest BCUT2D eigenvalue weighted by Gasteiger charge is -2.46. The molecule has 2 saturated heterocycles. The first-order valence-electron chi connectivity index (χ1n) is 10.2. The maximum Gasteiger partial charge on any atom is 0.412 e. The molecule has 2 amide bonds. The van der Waals surface area contributed by atoms with Crippen molar-refractivity contribution in [1.29, 1.82) is 0 Å². The standard InChI is InChI=1S/C20H38N2O4Si/c1-18(2,3)15-12-20(26-27(7)8,14-9-10-21-16(23)11-14)22(13-15)17(24)25-19(4,5)6/h14-15,27H,9-13H2,1-8H3,(H,21,23)/t14?,15-,20-/m0/s1. The van der Waals surface area contributed by atoms with Crippen LogP contribution < -0.4 is 5.32 Å². The van der Waals surface area contributed by atoms with Gasteiger partial charge >= 0.3 is 6.09 Å². The molecular formula is C20H38N2O4Si. The molecule has 2 fully saturated rings. The van der Waals surface area contributed by atoms with Gasteiger partial charge in [-0.2, -0.15) is 0 Å². The Morgan fingerprint density at radius 1 is 1.22 bits per heavy atom. The largest absolute Gasteiger partial charge is 0.444 e. The molecule has 0 aromatic carbocycles. The lowest BCUT2D eigenvalue weighted by Crippen LogP contribution is -2.59. The van der Waals surface area contributed by atoms with Gasteiger partial charge in [-0.3, -0.25) is 9.69 Å². The van der Waals surface area contributed by atoms with E-state index >= 15 is 0 Å². The first kappa shape index (κ1) is 22.2. The molecule has 3 atom stereocenters. The number of carbonyl (C=O) groups excluding carboxylic acids is 2. The molecular weight excluding hydrogens is 360 g/mol. The summed E-state index contributed by atoms with van der Waals surface area (Å²) in [4.78, 5) is 27.2. The van der Waals surface area contributed by atoms with E-state index < -0.39 is 20.4 Å². The molecule has 2 heterocycles. The molecule has 2 aliphatic rings. The highest BCUT2D eigenvalue weighted by Crippen LogP contribution is 2.49. The van der Waals surface area contributed by atoms with Crippen LogP contribution in [0.3, 0.4) is 0 Å². The van der Waals surface area contributed by atoms with Gasteiger partial charge in [0.05, 0.1) is 0 Å². The fourth-order valence-corrected chi connectivity index (χ4v) is 5.43. The Hall–Kier alpha value is -1.08. The highest BCUT2D eigenvalue weighted by Gasteiger charge is 2.57. The fraction of sp³-hybridized carbons (Fsp3) is 0.900. The van der Waals surface area contributed by atoms with Gasteiger partial charge in [0.1, 0.15) is 11.3 Å². The van der Waals surface area contributed by atoms with Crippen molar-refractivity contribution in [2.45, 2.75) is 85.2 Å². The third-order valence-electron chi connectivity index (χ3n) is 5.56. The number of ether oxygens (including phenoxy) is 1. The number of rotatable bonds is 3. The van der Waals surface area contributed by atoms with E-state index in [1.54, 1.807) is 0 Å². The molecule has 27 heavy (non-hydrogen) atoms. The van der Waals surface area contributed by atoms with Gasteiger partial charge in [0, 0.05) is 25.4 Å². The number of piperidine rings is 1. The second-order valence-corrected chi connectivity index (χ2v) is 12.7. The third kappa shape index (κ3) is 5.25. The Morgan fingerprint density at radius 3 is 2.33 bits per heavy atom. The van der Waals surface area contributed by atoms with Crippen LogP contribution in [0.25, 0.3) is 0 Å². The summed E-state index contributed by atoms with van der Waals surface area (Å²) < 4.78 is 12.4. The van der Waals surface area contributed by atoms with Crippen LogP contribution in [-0.2, 0) is 14.0 Å². The molecule has 0 saturated carbocycles. The number of nitrogens with zero attached hydrogens (tertiary/aromatic N) is 1. The van der Waals surface area contributed by atoms with Crippen molar-refractivity contribution < 1.29 is 18.8 Å². The van der Waals surface area contributed by atoms with Crippen molar-refractivity contribution in [3.63, 3.8) is 0 Å². The maximum atomic E-state index is 13.2. The minimum Gasteiger partial charge on any atom is -0.444 e. The Labute approximate surface area is 166 Å². The minimum absolute atomic E-state index is 0.000943. The monoisotopic (exact) mass is 398 g/mol. The maximum absolute atomic E-state index is 13.2. The van der Waals surface area contributed by atoms with E-state index in [2.05, 4.69) is 39.2 Å². The topological polar surface area (TPSA) is 67.9 Å². The van der Waals surface area contributed by atoms with Gasteiger partial charge in [0.25, 0.3) is 0 Å². The fourth-order valence-electron chi connectivity index (χ4n) is 4.20. The molecule has 7 heteroatoms. The van der Waals surface area contributed by atoms with Crippen molar-refractivity contribution in [2.75, 3.05) is 13.1 Å².